The Morgan fingerprint density at radius 3 is 2.63 bits per heavy atom. The van der Waals surface area contributed by atoms with E-state index in [2.05, 4.69) is 26.6 Å². The predicted octanol–water partition coefficient (Wildman–Crippen LogP) is 0.611. The summed E-state index contributed by atoms with van der Waals surface area (Å²) in [5.74, 6) is -0.629. The van der Waals surface area contributed by atoms with E-state index >= 15 is 0 Å². The number of hydrogen-bond donors (Lipinski definition) is 2. The third-order valence-electron chi connectivity index (χ3n) is 2.95. The van der Waals surface area contributed by atoms with Crippen molar-refractivity contribution in [2.45, 2.75) is 0 Å². The maximum atomic E-state index is 11.9. The van der Waals surface area contributed by atoms with E-state index in [1.807, 2.05) is 11.0 Å². The Morgan fingerprint density at radius 1 is 1.26 bits per heavy atom. The topological polar surface area (TPSA) is 61.4 Å². The molecule has 1 aliphatic rings. The number of nitrogens with zero attached hydrogens (tertiary/aromatic N) is 1. The number of imide groups is 1. The summed E-state index contributed by atoms with van der Waals surface area (Å²) in [6.45, 7) is 3.68. The number of carbonyl (C=O) groups is 2. The minimum Gasteiger partial charge on any atom is -0.314 e. The zero-order valence-electron chi connectivity index (χ0n) is 10.5. The molecule has 6 heteroatoms. The highest BCUT2D eigenvalue weighted by molar-refractivity contribution is 9.10. The van der Waals surface area contributed by atoms with Crippen LogP contribution in [0.1, 0.15) is 10.4 Å². The summed E-state index contributed by atoms with van der Waals surface area (Å²) in [6.07, 6.45) is 0. The Kier molecular flexibility index (Phi) is 5.07. The monoisotopic (exact) mass is 325 g/mol. The van der Waals surface area contributed by atoms with Gasteiger partial charge in [-0.3, -0.25) is 19.8 Å². The van der Waals surface area contributed by atoms with Crippen molar-refractivity contribution in [3.8, 4) is 0 Å². The van der Waals surface area contributed by atoms with Crippen LogP contribution in [0, 0.1) is 0 Å². The van der Waals surface area contributed by atoms with Crippen molar-refractivity contribution < 1.29 is 9.59 Å². The first-order valence-corrected chi connectivity index (χ1v) is 6.98. The lowest BCUT2D eigenvalue weighted by molar-refractivity contribution is -0.121. The molecule has 0 radical (unpaired) electrons. The molecule has 5 nitrogen and oxygen atoms in total. The maximum absolute atomic E-state index is 11.9. The Balaban J connectivity index is 1.88. The van der Waals surface area contributed by atoms with E-state index in [4.69, 9.17) is 0 Å². The van der Waals surface area contributed by atoms with E-state index in [9.17, 15) is 9.59 Å². The fraction of sp³-hybridized carbons (Fsp3) is 0.385. The van der Waals surface area contributed by atoms with Gasteiger partial charge in [0.25, 0.3) is 5.91 Å². The molecule has 0 saturated carbocycles. The highest BCUT2D eigenvalue weighted by Crippen LogP contribution is 2.15. The minimum absolute atomic E-state index is 0.261. The van der Waals surface area contributed by atoms with Crippen LogP contribution in [0.25, 0.3) is 0 Å². The standard InChI is InChI=1S/C13H16BrN3O2/c14-11-4-2-1-3-10(11)13(19)16-12(18)9-17-7-5-15-6-8-17/h1-4,15H,5-9H2,(H,16,18,19). The minimum atomic E-state index is -0.368. The highest BCUT2D eigenvalue weighted by atomic mass is 79.9. The van der Waals surface area contributed by atoms with Crippen LogP contribution in [-0.2, 0) is 4.79 Å². The van der Waals surface area contributed by atoms with E-state index in [0.29, 0.717) is 10.0 Å². The molecular formula is C13H16BrN3O2. The summed E-state index contributed by atoms with van der Waals surface area (Å²) >= 11 is 3.29. The van der Waals surface area contributed by atoms with Crippen molar-refractivity contribution in [1.29, 1.82) is 0 Å². The Hall–Kier alpha value is -1.24. The molecular weight excluding hydrogens is 310 g/mol. The van der Waals surface area contributed by atoms with Crippen LogP contribution in [0.15, 0.2) is 28.7 Å². The second kappa shape index (κ2) is 6.79. The van der Waals surface area contributed by atoms with Gasteiger partial charge in [-0.15, -0.1) is 0 Å². The van der Waals surface area contributed by atoms with E-state index in [1.165, 1.54) is 0 Å². The molecule has 1 aromatic carbocycles. The quantitative estimate of drug-likeness (QED) is 0.855. The van der Waals surface area contributed by atoms with E-state index in [1.54, 1.807) is 18.2 Å². The summed E-state index contributed by atoms with van der Waals surface area (Å²) in [5, 5.41) is 5.63. The summed E-state index contributed by atoms with van der Waals surface area (Å²) in [7, 11) is 0. The molecule has 1 heterocycles. The molecule has 1 aromatic rings. The van der Waals surface area contributed by atoms with Gasteiger partial charge in [0, 0.05) is 30.7 Å². The summed E-state index contributed by atoms with van der Waals surface area (Å²) in [5.41, 5.74) is 0.469. The van der Waals surface area contributed by atoms with Crippen LogP contribution in [0.3, 0.4) is 0 Å². The number of rotatable bonds is 3. The van der Waals surface area contributed by atoms with Gasteiger partial charge in [0.2, 0.25) is 5.91 Å². The van der Waals surface area contributed by atoms with Crippen molar-refractivity contribution in [3.05, 3.63) is 34.3 Å². The fourth-order valence-electron chi connectivity index (χ4n) is 1.95. The molecule has 0 aromatic heterocycles. The molecule has 1 saturated heterocycles. The van der Waals surface area contributed by atoms with Gasteiger partial charge < -0.3 is 5.32 Å². The molecule has 0 unspecified atom stereocenters. The van der Waals surface area contributed by atoms with Crippen molar-refractivity contribution in [1.82, 2.24) is 15.5 Å². The van der Waals surface area contributed by atoms with Gasteiger partial charge in [0.05, 0.1) is 12.1 Å². The van der Waals surface area contributed by atoms with E-state index in [0.717, 1.165) is 26.2 Å². The van der Waals surface area contributed by atoms with Gasteiger partial charge in [-0.25, -0.2) is 0 Å². The lowest BCUT2D eigenvalue weighted by Crippen LogP contribution is -2.48. The van der Waals surface area contributed by atoms with Gasteiger partial charge in [0.15, 0.2) is 0 Å². The summed E-state index contributed by atoms with van der Waals surface area (Å²) in [6, 6.07) is 7.04. The third kappa shape index (κ3) is 4.12. The van der Waals surface area contributed by atoms with Crippen molar-refractivity contribution in [3.63, 3.8) is 0 Å². The highest BCUT2D eigenvalue weighted by Gasteiger charge is 2.17. The van der Waals surface area contributed by atoms with Gasteiger partial charge in [0.1, 0.15) is 0 Å². The Morgan fingerprint density at radius 2 is 1.95 bits per heavy atom. The van der Waals surface area contributed by atoms with Crippen LogP contribution in [0.4, 0.5) is 0 Å². The molecule has 19 heavy (non-hydrogen) atoms. The first-order valence-electron chi connectivity index (χ1n) is 6.18. The Bertz CT molecular complexity index is 473. The van der Waals surface area contributed by atoms with E-state index in [-0.39, 0.29) is 18.4 Å². The molecule has 0 spiro atoms. The second-order valence-corrected chi connectivity index (χ2v) is 5.24. The second-order valence-electron chi connectivity index (χ2n) is 4.38. The summed E-state index contributed by atoms with van der Waals surface area (Å²) in [4.78, 5) is 25.7. The molecule has 0 atom stereocenters. The van der Waals surface area contributed by atoms with Gasteiger partial charge in [-0.1, -0.05) is 12.1 Å². The SMILES string of the molecule is O=C(CN1CCNCC1)NC(=O)c1ccccc1Br. The first-order chi connectivity index (χ1) is 9.16. The predicted molar refractivity (Wildman–Crippen MR) is 75.9 cm³/mol. The van der Waals surface area contributed by atoms with Gasteiger partial charge in [-0.2, -0.15) is 0 Å². The number of benzene rings is 1. The Labute approximate surface area is 120 Å². The average Bonchev–Trinajstić information content (AvgIpc) is 2.40. The normalized spacial score (nSPS) is 16.1. The molecule has 0 bridgehead atoms. The first kappa shape index (κ1) is 14.2. The lowest BCUT2D eigenvalue weighted by Gasteiger charge is -2.26. The molecule has 1 fully saturated rings. The van der Waals surface area contributed by atoms with Crippen molar-refractivity contribution in [2.75, 3.05) is 32.7 Å². The molecule has 1 aliphatic heterocycles. The van der Waals surface area contributed by atoms with Crippen molar-refractivity contribution >= 4 is 27.7 Å². The van der Waals surface area contributed by atoms with Crippen molar-refractivity contribution in [2.24, 2.45) is 0 Å². The van der Waals surface area contributed by atoms with Crippen LogP contribution in [-0.4, -0.2) is 49.4 Å². The van der Waals surface area contributed by atoms with E-state index < -0.39 is 0 Å². The molecule has 102 valence electrons. The third-order valence-corrected chi connectivity index (χ3v) is 3.64. The number of hydrogen-bond acceptors (Lipinski definition) is 4. The summed E-state index contributed by atoms with van der Waals surface area (Å²) < 4.78 is 0.683. The van der Waals surface area contributed by atoms with Gasteiger partial charge in [-0.05, 0) is 28.1 Å². The van der Waals surface area contributed by atoms with Crippen LogP contribution < -0.4 is 10.6 Å². The molecule has 2 rings (SSSR count). The number of nitrogens with one attached hydrogen (secondary N) is 2. The smallest absolute Gasteiger partial charge is 0.259 e. The number of piperazine rings is 1. The van der Waals surface area contributed by atoms with Gasteiger partial charge >= 0.3 is 0 Å². The largest absolute Gasteiger partial charge is 0.314 e. The number of halogens is 1. The number of amides is 2. The number of carbonyl (C=O) groups excluding carboxylic acids is 2. The molecule has 2 N–H and O–H groups in total. The molecule has 0 aliphatic carbocycles. The fourth-order valence-corrected chi connectivity index (χ4v) is 2.42. The zero-order valence-corrected chi connectivity index (χ0v) is 12.1. The van der Waals surface area contributed by atoms with Crippen LogP contribution in [0.5, 0.6) is 0 Å². The molecule has 2 amide bonds. The zero-order chi connectivity index (χ0) is 13.7. The maximum Gasteiger partial charge on any atom is 0.259 e. The van der Waals surface area contributed by atoms with Crippen LogP contribution >= 0.6 is 15.9 Å². The lowest BCUT2D eigenvalue weighted by atomic mass is 10.2. The van der Waals surface area contributed by atoms with Crippen LogP contribution in [0.2, 0.25) is 0 Å². The average molecular weight is 326 g/mol.